The minimum Gasteiger partial charge on any atom is -0.467 e. The number of piperidine rings is 1. The molecule has 1 N–H and O–H groups in total. The molecular weight excluding hydrogens is 390 g/mol. The Balaban J connectivity index is 1.41. The van der Waals surface area contributed by atoms with Gasteiger partial charge in [0.1, 0.15) is 5.76 Å². The number of nitrogens with zero attached hydrogens (tertiary/aromatic N) is 4. The second-order valence-corrected chi connectivity index (χ2v) is 8.81. The van der Waals surface area contributed by atoms with Gasteiger partial charge in [-0.15, -0.1) is 10.2 Å². The summed E-state index contributed by atoms with van der Waals surface area (Å²) in [6.07, 6.45) is 6.32. The van der Waals surface area contributed by atoms with E-state index in [4.69, 9.17) is 9.15 Å². The number of aromatic nitrogens is 3. The van der Waals surface area contributed by atoms with Gasteiger partial charge in [0.2, 0.25) is 11.9 Å². The summed E-state index contributed by atoms with van der Waals surface area (Å²) >= 11 is 1.41. The van der Waals surface area contributed by atoms with Gasteiger partial charge in [0, 0.05) is 26.2 Å². The highest BCUT2D eigenvalue weighted by Gasteiger charge is 2.24. The predicted octanol–water partition coefficient (Wildman–Crippen LogP) is 2.54. The van der Waals surface area contributed by atoms with Gasteiger partial charge in [-0.05, 0) is 43.7 Å². The molecule has 2 aliphatic rings. The van der Waals surface area contributed by atoms with Crippen LogP contribution in [0.3, 0.4) is 0 Å². The lowest BCUT2D eigenvalue weighted by Gasteiger charge is -2.31. The lowest BCUT2D eigenvalue weighted by atomic mass is 10.0. The number of furan rings is 1. The Kier molecular flexibility index (Phi) is 6.76. The number of nitrogens with one attached hydrogen (secondary N) is 1. The molecule has 2 fully saturated rings. The molecule has 8 nitrogen and oxygen atoms in total. The maximum atomic E-state index is 12.3. The summed E-state index contributed by atoms with van der Waals surface area (Å²) in [5.41, 5.74) is 0. The van der Waals surface area contributed by atoms with E-state index in [1.807, 2.05) is 12.1 Å². The molecule has 2 unspecified atom stereocenters. The van der Waals surface area contributed by atoms with E-state index in [0.717, 1.165) is 55.8 Å². The van der Waals surface area contributed by atoms with Crippen LogP contribution in [0.2, 0.25) is 0 Å². The number of carbonyl (C=O) groups excluding carboxylic acids is 1. The Hall–Kier alpha value is -2.00. The number of hydrogen-bond acceptors (Lipinski definition) is 7. The second kappa shape index (κ2) is 9.67. The van der Waals surface area contributed by atoms with E-state index in [1.54, 1.807) is 6.26 Å². The van der Waals surface area contributed by atoms with Gasteiger partial charge in [0.25, 0.3) is 0 Å². The molecule has 0 aliphatic carbocycles. The van der Waals surface area contributed by atoms with Crippen LogP contribution in [-0.2, 0) is 16.1 Å². The third kappa shape index (κ3) is 5.33. The SMILES string of the molecule is CC1CCCN(c2nnc(SCC(=O)NCC3CCCO3)n2Cc2ccco2)C1. The quantitative estimate of drug-likeness (QED) is 0.658. The topological polar surface area (TPSA) is 85.4 Å². The van der Waals surface area contributed by atoms with Crippen LogP contribution in [-0.4, -0.2) is 58.8 Å². The van der Waals surface area contributed by atoms with Crippen LogP contribution in [0, 0.1) is 5.92 Å². The first-order chi connectivity index (χ1) is 14.2. The van der Waals surface area contributed by atoms with E-state index in [9.17, 15) is 4.79 Å². The lowest BCUT2D eigenvalue weighted by Crippen LogP contribution is -2.36. The van der Waals surface area contributed by atoms with Crippen molar-refractivity contribution in [1.82, 2.24) is 20.1 Å². The molecule has 29 heavy (non-hydrogen) atoms. The minimum atomic E-state index is -0.00815. The molecule has 2 aromatic heterocycles. The van der Waals surface area contributed by atoms with Crippen LogP contribution in [0.5, 0.6) is 0 Å². The minimum absolute atomic E-state index is 0.00815. The van der Waals surface area contributed by atoms with E-state index in [0.29, 0.717) is 24.8 Å². The summed E-state index contributed by atoms with van der Waals surface area (Å²) in [6.45, 7) is 6.15. The van der Waals surface area contributed by atoms with Crippen molar-refractivity contribution < 1.29 is 13.9 Å². The molecule has 0 radical (unpaired) electrons. The fraction of sp³-hybridized carbons (Fsp3) is 0.650. The second-order valence-electron chi connectivity index (χ2n) is 7.87. The van der Waals surface area contributed by atoms with Crippen molar-refractivity contribution >= 4 is 23.6 Å². The van der Waals surface area contributed by atoms with Crippen LogP contribution >= 0.6 is 11.8 Å². The molecule has 4 rings (SSSR count). The largest absolute Gasteiger partial charge is 0.467 e. The molecule has 0 spiro atoms. The van der Waals surface area contributed by atoms with Crippen molar-refractivity contribution in [2.24, 2.45) is 5.92 Å². The Labute approximate surface area is 175 Å². The molecule has 2 aromatic rings. The maximum absolute atomic E-state index is 12.3. The number of anilines is 1. The molecule has 4 heterocycles. The number of ether oxygens (including phenoxy) is 1. The van der Waals surface area contributed by atoms with Gasteiger partial charge in [-0.3, -0.25) is 9.36 Å². The zero-order valence-corrected chi connectivity index (χ0v) is 17.7. The molecule has 2 atom stereocenters. The Morgan fingerprint density at radius 2 is 2.28 bits per heavy atom. The molecule has 0 aromatic carbocycles. The third-order valence-electron chi connectivity index (χ3n) is 5.41. The van der Waals surface area contributed by atoms with E-state index in [-0.39, 0.29) is 12.0 Å². The average Bonchev–Trinajstić information content (AvgIpc) is 3.48. The van der Waals surface area contributed by atoms with Gasteiger partial charge in [-0.2, -0.15) is 0 Å². The monoisotopic (exact) mass is 419 g/mol. The van der Waals surface area contributed by atoms with E-state index in [1.165, 1.54) is 18.2 Å². The molecule has 1 amide bonds. The summed E-state index contributed by atoms with van der Waals surface area (Å²) in [5, 5.41) is 12.6. The first-order valence-electron chi connectivity index (χ1n) is 10.4. The van der Waals surface area contributed by atoms with Crippen molar-refractivity contribution in [3.05, 3.63) is 24.2 Å². The van der Waals surface area contributed by atoms with Crippen molar-refractivity contribution in [3.63, 3.8) is 0 Å². The predicted molar refractivity (Wildman–Crippen MR) is 111 cm³/mol. The molecule has 158 valence electrons. The third-order valence-corrected chi connectivity index (χ3v) is 6.38. The molecule has 0 bridgehead atoms. The van der Waals surface area contributed by atoms with Gasteiger partial charge in [0.15, 0.2) is 5.16 Å². The molecule has 2 saturated heterocycles. The normalized spacial score (nSPS) is 22.2. The smallest absolute Gasteiger partial charge is 0.230 e. The van der Waals surface area contributed by atoms with Crippen LogP contribution in [0.25, 0.3) is 0 Å². The summed E-state index contributed by atoms with van der Waals surface area (Å²) in [5.74, 6) is 2.64. The van der Waals surface area contributed by atoms with Crippen molar-refractivity contribution in [1.29, 1.82) is 0 Å². The highest BCUT2D eigenvalue weighted by Crippen LogP contribution is 2.27. The van der Waals surface area contributed by atoms with Crippen LogP contribution in [0.15, 0.2) is 28.0 Å². The standard InChI is InChI=1S/C20H29N5O3S/c1-15-5-2-8-24(12-15)19-22-23-20(25(19)13-17-7-4-10-28-17)29-14-18(26)21-11-16-6-3-9-27-16/h4,7,10,15-16H,2-3,5-6,8-9,11-14H2,1H3,(H,21,26). The van der Waals surface area contributed by atoms with Gasteiger partial charge in [0.05, 0.1) is 24.7 Å². The summed E-state index contributed by atoms with van der Waals surface area (Å²) in [4.78, 5) is 14.6. The van der Waals surface area contributed by atoms with E-state index in [2.05, 4.69) is 31.9 Å². The number of hydrogen-bond donors (Lipinski definition) is 1. The first kappa shape index (κ1) is 20.3. The summed E-state index contributed by atoms with van der Waals surface area (Å²) in [7, 11) is 0. The Morgan fingerprint density at radius 3 is 3.03 bits per heavy atom. The maximum Gasteiger partial charge on any atom is 0.230 e. The van der Waals surface area contributed by atoms with Crippen molar-refractivity contribution in [3.8, 4) is 0 Å². The van der Waals surface area contributed by atoms with Gasteiger partial charge in [-0.1, -0.05) is 18.7 Å². The number of thioether (sulfide) groups is 1. The highest BCUT2D eigenvalue weighted by atomic mass is 32.2. The van der Waals surface area contributed by atoms with Crippen LogP contribution < -0.4 is 10.2 Å². The fourth-order valence-electron chi connectivity index (χ4n) is 3.90. The zero-order valence-electron chi connectivity index (χ0n) is 16.9. The summed E-state index contributed by atoms with van der Waals surface area (Å²) < 4.78 is 13.2. The van der Waals surface area contributed by atoms with Crippen molar-refractivity contribution in [2.75, 3.05) is 36.9 Å². The number of carbonyl (C=O) groups is 1. The fourth-order valence-corrected chi connectivity index (χ4v) is 4.67. The highest BCUT2D eigenvalue weighted by molar-refractivity contribution is 7.99. The molecule has 9 heteroatoms. The molecule has 2 aliphatic heterocycles. The van der Waals surface area contributed by atoms with E-state index < -0.39 is 0 Å². The average molecular weight is 420 g/mol. The molecule has 0 saturated carbocycles. The number of rotatable bonds is 8. The van der Waals surface area contributed by atoms with Crippen molar-refractivity contribution in [2.45, 2.75) is 50.4 Å². The Morgan fingerprint density at radius 1 is 1.34 bits per heavy atom. The number of amides is 1. The van der Waals surface area contributed by atoms with Crippen LogP contribution in [0.1, 0.15) is 38.4 Å². The van der Waals surface area contributed by atoms with Crippen LogP contribution in [0.4, 0.5) is 5.95 Å². The Bertz CT molecular complexity index is 788. The first-order valence-corrected chi connectivity index (χ1v) is 11.4. The molecular formula is C20H29N5O3S. The van der Waals surface area contributed by atoms with Gasteiger partial charge in [-0.25, -0.2) is 0 Å². The van der Waals surface area contributed by atoms with Gasteiger partial charge < -0.3 is 19.4 Å². The summed E-state index contributed by atoms with van der Waals surface area (Å²) in [6, 6.07) is 3.83. The lowest BCUT2D eigenvalue weighted by molar-refractivity contribution is -0.119. The zero-order chi connectivity index (χ0) is 20.1. The van der Waals surface area contributed by atoms with Gasteiger partial charge >= 0.3 is 0 Å². The van der Waals surface area contributed by atoms with E-state index >= 15 is 0 Å².